The van der Waals surface area contributed by atoms with Gasteiger partial charge in [0, 0.05) is 69.8 Å². The first-order valence-corrected chi connectivity index (χ1v) is 57.9. The third kappa shape index (κ3) is 23.5. The molecule has 4 aliphatic carbocycles. The molecule has 6 N–H and O–H groups in total. The van der Waals surface area contributed by atoms with E-state index in [0.29, 0.717) is 200 Å². The average molecular weight is 2670 g/mol. The number of nitrogens with zero attached hydrogens (tertiary/aromatic N) is 14. The fraction of sp³-hybridized carbons (Fsp3) is 0.559. The van der Waals surface area contributed by atoms with Gasteiger partial charge in [-0.1, -0.05) is 59.3 Å². The second-order valence-corrected chi connectivity index (χ2v) is 51.2. The number of nitrogens with one attached hydrogen (secondary N) is 3. The summed E-state index contributed by atoms with van der Waals surface area (Å²) in [6.45, 7) is 9.10. The number of hydrogen-bond acceptors (Lipinski definition) is 35. The number of nitriles is 3. The molecule has 19 rings (SSSR count). The molecule has 4 aromatic heterocycles. The van der Waals surface area contributed by atoms with Crippen molar-refractivity contribution in [3.8, 4) is 18.2 Å². The van der Waals surface area contributed by atoms with Crippen LogP contribution in [0.1, 0.15) is 218 Å². The number of alkyl halides is 1. The number of nitrogens with two attached hydrogens (primary N) is 1. The first-order chi connectivity index (χ1) is 69.1. The zero-order chi connectivity index (χ0) is 105. The van der Waals surface area contributed by atoms with Gasteiger partial charge in [-0.3, -0.25) is 28.5 Å². The van der Waals surface area contributed by atoms with Crippen LogP contribution in [0.25, 0.3) is 0 Å². The van der Waals surface area contributed by atoms with Gasteiger partial charge < -0.3 is 50.6 Å². The van der Waals surface area contributed by atoms with Crippen molar-refractivity contribution in [2.75, 3.05) is 137 Å². The number of halogens is 2. The Morgan fingerprint density at radius 1 is 0.466 bits per heavy atom. The fourth-order valence-electron chi connectivity index (χ4n) is 18.9. The van der Waals surface area contributed by atoms with E-state index in [-0.39, 0.29) is 218 Å². The van der Waals surface area contributed by atoms with E-state index in [1.807, 2.05) is 31.2 Å². The molecule has 4 saturated carbocycles. The molecule has 0 spiro atoms. The topological polar surface area (TPSA) is 582 Å². The molecule has 8 fully saturated rings. The number of thiol groups is 2. The summed E-state index contributed by atoms with van der Waals surface area (Å²) in [4.78, 5) is 106. The number of rotatable bonds is 32. The van der Waals surface area contributed by atoms with E-state index in [9.17, 15) is 77.1 Å². The summed E-state index contributed by atoms with van der Waals surface area (Å²) in [5.74, 6) is -3.03. The summed E-state index contributed by atoms with van der Waals surface area (Å²) < 4.78 is 145. The van der Waals surface area contributed by atoms with Crippen LogP contribution < -0.4 is 21.7 Å². The Morgan fingerprint density at radius 3 is 1.04 bits per heavy atom. The van der Waals surface area contributed by atoms with E-state index < -0.39 is 108 Å². The van der Waals surface area contributed by atoms with Crippen LogP contribution in [-0.2, 0) is 172 Å². The minimum atomic E-state index is -3.73. The second kappa shape index (κ2) is 49.4. The molecule has 7 aromatic rings. The van der Waals surface area contributed by atoms with Crippen molar-refractivity contribution in [1.82, 2.24) is 69.8 Å². The fourth-order valence-corrected chi connectivity index (χ4v) is 31.8. The van der Waals surface area contributed by atoms with Gasteiger partial charge in [0.1, 0.15) is 20.9 Å². The number of esters is 2. The standard InChI is InChI=1S/C24H27N5O6PS2.C24H27N5O6S.C18H25N3O7PS2.C10H13N3O3.C9H15BrO3S.C8H8N2.ClH.2Tl.4H/c1-28-20-18(19(27-28)21(30)26-11-17-4-2-16(10-25)3-5-17)6-9-29(22(20)31)12-23(7-8-23)38(32,33)24(13-34-14-24)15-35-37-36;1-28-20-18(19(27-28)21(31)26-11-17-4-2-16(10-25)3-5-17)6-9-29(22(20)32)12-23(7-8-23)36(33,34)24(13-30)14-35-15-24;1-3-27-16(23)13-12-4-7-21(15(22)14(12)20(2)19-13)8-17(5-6-17)31(24,25)18(9-26-10-18)11-28-30-29;1-3-16-10(15)7-6-4-5-11-9(14)8(6)13(2)12-7;1-2-8(6-13-7-8)14(11,12)9(5-10)3-4-9;9-5-7-1-2-8(6-10)4-3-7;;;;;;;/h2-5,37H,6-9,11-15H2,1H3,(H,26,30);2-5,30H,6-9,11-15H2,1H3,(H,26,31);30H,3-11H2,1-2H3;3-5H2,1-2H3,(H,11,14);2-7H2,1H3;1-4H,5,9H2;1H;;;;;;/q-1;;-1;;;;;;;;;;. The Bertz CT molecular complexity index is 6930. The van der Waals surface area contributed by atoms with Crippen LogP contribution in [0.15, 0.2) is 72.8 Å². The van der Waals surface area contributed by atoms with Crippen LogP contribution in [-0.4, -0.2) is 370 Å². The summed E-state index contributed by atoms with van der Waals surface area (Å²) in [5, 5.41) is 61.8. The monoisotopic (exact) mass is 2670 g/mol. The molecule has 4 saturated heterocycles. The zero-order valence-electron chi connectivity index (χ0n) is 83.4. The number of carbonyl (C=O) groups is 8. The first kappa shape index (κ1) is 121. The Labute approximate surface area is 923 Å². The Balaban J connectivity index is 0.000000177. The molecule has 3 aromatic carbocycles. The summed E-state index contributed by atoms with van der Waals surface area (Å²) in [6.07, 6.45) is 6.87. The number of aromatic nitrogens is 8. The number of ether oxygens (including phenoxy) is 6. The van der Waals surface area contributed by atoms with Crippen molar-refractivity contribution >= 4 is 207 Å². The van der Waals surface area contributed by atoms with Crippen LogP contribution in [0.3, 0.4) is 0 Å². The minimum absolute atomic E-state index is 0. The van der Waals surface area contributed by atoms with Gasteiger partial charge in [0.25, 0.3) is 23.6 Å². The molecule has 0 unspecified atom stereocenters. The number of hydrogen-bond donors (Lipinski definition) is 5. The number of aliphatic hydroxyl groups excluding tert-OH is 1. The first-order valence-electron chi connectivity index (χ1n) is 47.0. The van der Waals surface area contributed by atoms with Crippen molar-refractivity contribution < 1.29 is 114 Å². The predicted molar refractivity (Wildman–Crippen MR) is 560 cm³/mol. The van der Waals surface area contributed by atoms with Crippen molar-refractivity contribution in [1.29, 1.82) is 15.8 Å². The summed E-state index contributed by atoms with van der Waals surface area (Å²) in [7, 11) is 0.374. The van der Waals surface area contributed by atoms with Crippen molar-refractivity contribution in [3.05, 3.63) is 174 Å². The van der Waals surface area contributed by atoms with E-state index in [2.05, 4.69) is 74.0 Å². The maximum absolute atomic E-state index is 13.7. The molecule has 12 heterocycles. The number of sulfone groups is 4. The van der Waals surface area contributed by atoms with Gasteiger partial charge in [-0.25, -0.2) is 26.4 Å². The molecule has 8 aliphatic heterocycles. The summed E-state index contributed by atoms with van der Waals surface area (Å²) in [6, 6.07) is 27.1. The van der Waals surface area contributed by atoms with Crippen molar-refractivity contribution in [2.24, 2.45) is 33.9 Å². The number of carbonyl (C=O) groups excluding carboxylic acids is 8. The third-order valence-corrected chi connectivity index (χ3v) is 44.2. The van der Waals surface area contributed by atoms with Gasteiger partial charge in [0.2, 0.25) is 0 Å². The van der Waals surface area contributed by atoms with Gasteiger partial charge in [0.05, 0.1) is 90.6 Å². The number of fused-ring (bicyclic) bond motifs is 4. The van der Waals surface area contributed by atoms with Gasteiger partial charge in [-0.05, 0) is 112 Å². The number of amides is 6. The van der Waals surface area contributed by atoms with E-state index in [1.54, 1.807) is 113 Å². The predicted octanol–water partition coefficient (Wildman–Crippen LogP) is 2.32. The number of aliphatic hydroxyl groups is 1. The Hall–Kier alpha value is -7.62. The summed E-state index contributed by atoms with van der Waals surface area (Å²) >= 11 is 4.03. The van der Waals surface area contributed by atoms with Gasteiger partial charge in [0.15, 0.2) is 31.1 Å². The molecule has 0 atom stereocenters. The van der Waals surface area contributed by atoms with Gasteiger partial charge in [-0.2, -0.15) is 26.0 Å². The van der Waals surface area contributed by atoms with E-state index >= 15 is 0 Å². The molecular weight excluding hydrogens is 2550 g/mol. The summed E-state index contributed by atoms with van der Waals surface area (Å²) in [5.41, 5.74) is 14.3. The van der Waals surface area contributed by atoms with Gasteiger partial charge >= 0.3 is 381 Å². The Kier molecular flexibility index (Phi) is 40.3. The molecule has 12 aliphatic rings. The van der Waals surface area contributed by atoms with Crippen LogP contribution >= 0.6 is 44.0 Å². The van der Waals surface area contributed by atoms with E-state index in [0.717, 1.165) is 29.5 Å². The zero-order valence-corrected chi connectivity index (χ0v) is 108. The van der Waals surface area contributed by atoms with Crippen molar-refractivity contribution in [2.45, 2.75) is 162 Å². The average Bonchev–Trinajstić information content (AvgIpc) is 1.62. The second-order valence-electron chi connectivity index (χ2n) is 37.9. The third-order valence-electron chi connectivity index (χ3n) is 28.7. The van der Waals surface area contributed by atoms with Crippen LogP contribution in [0, 0.1) is 34.0 Å². The van der Waals surface area contributed by atoms with Crippen LogP contribution in [0.5, 0.6) is 0 Å². The molecule has 2 radical (unpaired) electrons. The quantitative estimate of drug-likeness (QED) is 0.0101. The Morgan fingerprint density at radius 2 is 0.764 bits per heavy atom. The number of aryl methyl sites for hydroxylation is 4. The molecule has 0 bridgehead atoms. The molecule has 148 heavy (non-hydrogen) atoms. The van der Waals surface area contributed by atoms with Crippen molar-refractivity contribution in [3.63, 3.8) is 0 Å². The van der Waals surface area contributed by atoms with Gasteiger partial charge in [-0.15, -0.1) is 12.4 Å². The molecule has 800 valence electrons. The van der Waals surface area contributed by atoms with E-state index in [1.165, 1.54) is 23.6 Å². The SMILES string of the molecule is CCC1(S(=O)(=O)C2(CBr)CC2)COC1.CCOC(=O)c1nn(C)c2c1CCN(CC1(S(=O)(=O)C3(CO[SH-]#P)COC3)CC1)C2=O.CCOC(=O)c1nn(C)c2c1CCNC2=O.Cl.Cn1nc(C(=O)NCc2ccc(C#N)cc2)c2c1C(=O)N(CC1(S(=O)(=O)C3(CO)COC3)CC1)CC2.Cn1nc(C(=O)NCc2ccc(C#N)cc2)c2c1C(=O)N(CC1(S(=O)(=O)C3(CO[SH-]#P)COC3)CC1)CC2.N#Cc1ccc(CN)cc1.[TlH2].[TlH2]. The molecule has 43 nitrogen and oxygen atoms in total. The molecular formula is C93H120BrClN18O25P2S6Tl2-2. The van der Waals surface area contributed by atoms with E-state index in [4.69, 9.17) is 58.3 Å². The number of benzene rings is 3. The molecule has 55 heteroatoms. The van der Waals surface area contributed by atoms with Crippen LogP contribution in [0.4, 0.5) is 0 Å². The normalized spacial score (nSPS) is 19.0. The molecule has 6 amide bonds. The maximum atomic E-state index is 13.7. The van der Waals surface area contributed by atoms with Crippen LogP contribution in [0.2, 0.25) is 0 Å².